The second kappa shape index (κ2) is 10.6. The molecule has 4 nitrogen and oxygen atoms in total. The maximum atomic E-state index is 12.0. The topological polar surface area (TPSA) is 51.2 Å². The van der Waals surface area contributed by atoms with Gasteiger partial charge < -0.3 is 10.1 Å². The van der Waals surface area contributed by atoms with Crippen molar-refractivity contribution in [2.75, 3.05) is 19.8 Å². The van der Waals surface area contributed by atoms with Crippen molar-refractivity contribution in [2.24, 2.45) is 0 Å². The maximum absolute atomic E-state index is 12.0. The Morgan fingerprint density at radius 3 is 2.52 bits per heavy atom. The van der Waals surface area contributed by atoms with Gasteiger partial charge in [0.05, 0.1) is 18.7 Å². The number of ether oxygens (including phenoxy) is 1. The molecule has 0 aliphatic carbocycles. The summed E-state index contributed by atoms with van der Waals surface area (Å²) in [4.78, 5) is 16.6. The monoisotopic (exact) mass is 380 g/mol. The smallest absolute Gasteiger partial charge is 0.226 e. The van der Waals surface area contributed by atoms with E-state index in [1.54, 1.807) is 11.3 Å². The summed E-state index contributed by atoms with van der Waals surface area (Å²) in [6, 6.07) is 20.3. The van der Waals surface area contributed by atoms with Crippen LogP contribution in [0.3, 0.4) is 0 Å². The van der Waals surface area contributed by atoms with E-state index in [0.29, 0.717) is 26.2 Å². The predicted octanol–water partition coefficient (Wildman–Crippen LogP) is 4.12. The van der Waals surface area contributed by atoms with Crippen LogP contribution in [0.4, 0.5) is 0 Å². The second-order valence-electron chi connectivity index (χ2n) is 6.24. The van der Waals surface area contributed by atoms with Crippen LogP contribution in [0.2, 0.25) is 0 Å². The molecule has 0 radical (unpaired) electrons. The molecule has 1 aromatic heterocycles. The summed E-state index contributed by atoms with van der Waals surface area (Å²) in [5.41, 5.74) is 3.18. The molecular weight excluding hydrogens is 356 g/mol. The van der Waals surface area contributed by atoms with Gasteiger partial charge in [0.15, 0.2) is 0 Å². The molecule has 27 heavy (non-hydrogen) atoms. The van der Waals surface area contributed by atoms with Crippen LogP contribution in [0.5, 0.6) is 0 Å². The maximum Gasteiger partial charge on any atom is 0.226 e. The Morgan fingerprint density at radius 2 is 1.74 bits per heavy atom. The van der Waals surface area contributed by atoms with E-state index < -0.39 is 0 Å². The Kier molecular flexibility index (Phi) is 7.56. The molecule has 0 fully saturated rings. The molecule has 0 aliphatic rings. The van der Waals surface area contributed by atoms with Crippen LogP contribution in [0, 0.1) is 0 Å². The first-order valence-corrected chi connectivity index (χ1v) is 10.1. The van der Waals surface area contributed by atoms with E-state index in [4.69, 9.17) is 4.74 Å². The lowest BCUT2D eigenvalue weighted by Crippen LogP contribution is -2.27. The van der Waals surface area contributed by atoms with Crippen molar-refractivity contribution in [3.63, 3.8) is 0 Å². The van der Waals surface area contributed by atoms with Gasteiger partial charge in [-0.3, -0.25) is 4.79 Å². The van der Waals surface area contributed by atoms with E-state index in [1.807, 2.05) is 53.9 Å². The standard InChI is InChI=1S/C22H24N2O2S/c25-21(16-20-17-27-22(24-20)19-10-5-2-6-11-19)23-13-7-14-26-15-12-18-8-3-1-4-9-18/h1-6,8-11,17H,7,12-16H2,(H,23,25). The number of carbonyl (C=O) groups excluding carboxylic acids is 1. The molecule has 3 rings (SSSR count). The first kappa shape index (κ1) is 19.3. The number of rotatable bonds is 10. The average Bonchev–Trinajstić information content (AvgIpc) is 3.17. The van der Waals surface area contributed by atoms with Crippen molar-refractivity contribution in [3.8, 4) is 10.6 Å². The number of hydrogen-bond acceptors (Lipinski definition) is 4. The van der Waals surface area contributed by atoms with Gasteiger partial charge in [0.2, 0.25) is 5.91 Å². The molecule has 0 spiro atoms. The number of thiazole rings is 1. The fraction of sp³-hybridized carbons (Fsp3) is 0.273. The van der Waals surface area contributed by atoms with E-state index >= 15 is 0 Å². The van der Waals surface area contributed by atoms with Gasteiger partial charge in [-0.15, -0.1) is 11.3 Å². The number of nitrogens with zero attached hydrogens (tertiary/aromatic N) is 1. The summed E-state index contributed by atoms with van der Waals surface area (Å²) in [7, 11) is 0. The Bertz CT molecular complexity index is 819. The third-order valence-corrected chi connectivity index (χ3v) is 5.02. The van der Waals surface area contributed by atoms with E-state index in [1.165, 1.54) is 5.56 Å². The number of hydrogen-bond donors (Lipinski definition) is 1. The number of carbonyl (C=O) groups is 1. The lowest BCUT2D eigenvalue weighted by molar-refractivity contribution is -0.120. The summed E-state index contributed by atoms with van der Waals surface area (Å²) < 4.78 is 5.63. The first-order valence-electron chi connectivity index (χ1n) is 9.19. The van der Waals surface area contributed by atoms with Crippen molar-refractivity contribution in [3.05, 3.63) is 77.3 Å². The third-order valence-electron chi connectivity index (χ3n) is 4.08. The van der Waals surface area contributed by atoms with Crippen LogP contribution in [0.15, 0.2) is 66.0 Å². The van der Waals surface area contributed by atoms with Crippen LogP contribution in [0.1, 0.15) is 17.7 Å². The van der Waals surface area contributed by atoms with E-state index in [2.05, 4.69) is 22.4 Å². The molecular formula is C22H24N2O2S. The average molecular weight is 381 g/mol. The lowest BCUT2D eigenvalue weighted by atomic mass is 10.2. The number of aromatic nitrogens is 1. The molecule has 2 aromatic carbocycles. The minimum Gasteiger partial charge on any atom is -0.381 e. The molecule has 0 bridgehead atoms. The van der Waals surface area contributed by atoms with Crippen LogP contribution < -0.4 is 5.32 Å². The Hall–Kier alpha value is -2.50. The molecule has 5 heteroatoms. The third kappa shape index (κ3) is 6.62. The van der Waals surface area contributed by atoms with Crippen molar-refractivity contribution in [1.82, 2.24) is 10.3 Å². The lowest BCUT2D eigenvalue weighted by Gasteiger charge is -2.06. The number of benzene rings is 2. The van der Waals surface area contributed by atoms with Gasteiger partial charge in [-0.05, 0) is 18.4 Å². The van der Waals surface area contributed by atoms with E-state index in [-0.39, 0.29) is 5.91 Å². The van der Waals surface area contributed by atoms with Crippen molar-refractivity contribution in [2.45, 2.75) is 19.3 Å². The molecule has 3 aromatic rings. The largest absolute Gasteiger partial charge is 0.381 e. The minimum absolute atomic E-state index is 0.00389. The van der Waals surface area contributed by atoms with Crippen LogP contribution in [0.25, 0.3) is 10.6 Å². The minimum atomic E-state index is 0.00389. The van der Waals surface area contributed by atoms with Gasteiger partial charge in [-0.2, -0.15) is 0 Å². The fourth-order valence-electron chi connectivity index (χ4n) is 2.67. The van der Waals surface area contributed by atoms with Crippen molar-refractivity contribution < 1.29 is 9.53 Å². The van der Waals surface area contributed by atoms with E-state index in [0.717, 1.165) is 29.1 Å². The first-order chi connectivity index (χ1) is 13.3. The zero-order valence-corrected chi connectivity index (χ0v) is 16.1. The Balaban J connectivity index is 1.28. The van der Waals surface area contributed by atoms with E-state index in [9.17, 15) is 4.79 Å². The molecule has 0 saturated carbocycles. The van der Waals surface area contributed by atoms with Crippen LogP contribution in [-0.2, 0) is 22.4 Å². The van der Waals surface area contributed by atoms with Gasteiger partial charge in [-0.1, -0.05) is 60.7 Å². The van der Waals surface area contributed by atoms with Gasteiger partial charge in [0.25, 0.3) is 0 Å². The summed E-state index contributed by atoms with van der Waals surface area (Å²) in [6.45, 7) is 1.99. The Labute approximate surface area is 164 Å². The highest BCUT2D eigenvalue weighted by molar-refractivity contribution is 7.13. The summed E-state index contributed by atoms with van der Waals surface area (Å²) in [5, 5.41) is 5.84. The normalized spacial score (nSPS) is 10.7. The SMILES string of the molecule is O=C(Cc1csc(-c2ccccc2)n1)NCCCOCCc1ccccc1. The highest BCUT2D eigenvalue weighted by Crippen LogP contribution is 2.23. The molecule has 0 aliphatic heterocycles. The van der Waals surface area contributed by atoms with Crippen LogP contribution in [-0.4, -0.2) is 30.6 Å². The van der Waals surface area contributed by atoms with Gasteiger partial charge in [0.1, 0.15) is 5.01 Å². The zero-order valence-electron chi connectivity index (χ0n) is 15.3. The summed E-state index contributed by atoms with van der Waals surface area (Å²) in [6.07, 6.45) is 2.05. The van der Waals surface area contributed by atoms with Gasteiger partial charge in [0, 0.05) is 24.1 Å². The molecule has 0 unspecified atom stereocenters. The molecule has 1 N–H and O–H groups in total. The van der Waals surface area contributed by atoms with Crippen LogP contribution >= 0.6 is 11.3 Å². The van der Waals surface area contributed by atoms with Gasteiger partial charge in [-0.25, -0.2) is 4.98 Å². The summed E-state index contributed by atoms with van der Waals surface area (Å²) >= 11 is 1.57. The number of amides is 1. The molecule has 0 atom stereocenters. The highest BCUT2D eigenvalue weighted by atomic mass is 32.1. The quantitative estimate of drug-likeness (QED) is 0.538. The second-order valence-corrected chi connectivity index (χ2v) is 7.10. The van der Waals surface area contributed by atoms with Crippen molar-refractivity contribution >= 4 is 17.2 Å². The van der Waals surface area contributed by atoms with Gasteiger partial charge >= 0.3 is 0 Å². The molecule has 0 saturated heterocycles. The van der Waals surface area contributed by atoms with Crippen molar-refractivity contribution in [1.29, 1.82) is 0 Å². The molecule has 1 amide bonds. The fourth-order valence-corrected chi connectivity index (χ4v) is 3.49. The summed E-state index contributed by atoms with van der Waals surface area (Å²) in [5.74, 6) is 0.00389. The number of nitrogens with one attached hydrogen (secondary N) is 1. The highest BCUT2D eigenvalue weighted by Gasteiger charge is 2.08. The molecule has 1 heterocycles. The zero-order chi connectivity index (χ0) is 18.7. The molecule has 140 valence electrons. The Morgan fingerprint density at radius 1 is 1.00 bits per heavy atom. The predicted molar refractivity (Wildman–Crippen MR) is 110 cm³/mol.